The number of likely N-dealkylation sites (tertiary alicyclic amines) is 1. The summed E-state index contributed by atoms with van der Waals surface area (Å²) in [5, 5.41) is 8.79. The van der Waals surface area contributed by atoms with Crippen molar-refractivity contribution in [3.63, 3.8) is 0 Å². The summed E-state index contributed by atoms with van der Waals surface area (Å²) in [5.74, 6) is 0.353. The molecule has 0 saturated carbocycles. The Labute approximate surface area is 212 Å². The molecule has 4 rings (SSSR count). The topological polar surface area (TPSA) is 56.2 Å². The number of hydrogen-bond acceptors (Lipinski definition) is 2. The van der Waals surface area contributed by atoms with Crippen LogP contribution in [0.25, 0.3) is 0 Å². The van der Waals surface area contributed by atoms with Crippen molar-refractivity contribution < 1.29 is 32.6 Å². The summed E-state index contributed by atoms with van der Waals surface area (Å²) in [6.07, 6.45) is 2.64. The van der Waals surface area contributed by atoms with Crippen LogP contribution in [0.15, 0.2) is 48.5 Å². The van der Waals surface area contributed by atoms with Crippen molar-refractivity contribution in [1.29, 1.82) is 0 Å². The van der Waals surface area contributed by atoms with Gasteiger partial charge in [-0.1, -0.05) is 48.5 Å². The molecule has 2 aromatic carbocycles. The molecule has 1 N–H and O–H groups in total. The molecule has 0 bridgehead atoms. The van der Waals surface area contributed by atoms with Crippen molar-refractivity contribution in [1.82, 2.24) is 0 Å². The number of quaternary nitrogens is 1. The first kappa shape index (κ1) is 28.2. The van der Waals surface area contributed by atoms with Crippen LogP contribution in [0.4, 0.5) is 18.9 Å². The van der Waals surface area contributed by atoms with E-state index in [0.717, 1.165) is 49.2 Å². The van der Waals surface area contributed by atoms with Crippen molar-refractivity contribution in [2.24, 2.45) is 0 Å². The van der Waals surface area contributed by atoms with Crippen LogP contribution in [0.3, 0.4) is 0 Å². The summed E-state index contributed by atoms with van der Waals surface area (Å²) in [5.41, 5.74) is 4.94. The van der Waals surface area contributed by atoms with E-state index >= 15 is 0 Å². The number of para-hydroxylation sites is 1. The Morgan fingerprint density at radius 1 is 0.972 bits per heavy atom. The van der Waals surface area contributed by atoms with Gasteiger partial charge in [0.1, 0.15) is 6.54 Å². The van der Waals surface area contributed by atoms with Crippen molar-refractivity contribution in [2.45, 2.75) is 71.1 Å². The number of benzene rings is 2. The largest absolute Gasteiger partial charge is 0.582 e. The van der Waals surface area contributed by atoms with E-state index in [1.165, 1.54) is 47.3 Å². The highest BCUT2D eigenvalue weighted by atomic mass is 19.4. The molecule has 198 valence electrons. The third-order valence-corrected chi connectivity index (χ3v) is 7.28. The highest BCUT2D eigenvalue weighted by Crippen LogP contribution is 2.35. The van der Waals surface area contributed by atoms with Gasteiger partial charge in [-0.15, -0.1) is 0 Å². The molecule has 36 heavy (non-hydrogen) atoms. The van der Waals surface area contributed by atoms with Crippen LogP contribution < -0.4 is 10.2 Å². The standard InChI is InChI=1S/C26H35N2O.C2H2F3O2/c1-21-12-10-13-22(2)25(21)27-17-11-16-24(26(27)29)28(18-8-3-4-9-19-28)20-23-14-6-5-7-15-23;3-2(4,5)1-7-6/h5-7,10,12-15,24H,3-4,8-9,11,16-20H2,1-2H3;1,7H/q+1;-1. The van der Waals surface area contributed by atoms with Crippen molar-refractivity contribution >= 4 is 11.6 Å². The van der Waals surface area contributed by atoms with Crippen molar-refractivity contribution in [2.75, 3.05) is 24.5 Å². The Hall–Kier alpha value is -2.42. The van der Waals surface area contributed by atoms with E-state index < -0.39 is 12.8 Å². The molecule has 0 aromatic heterocycles. The molecule has 1 unspecified atom stereocenters. The SMILES string of the molecule is Cc1cccc(C)c1N1CCCC([N+]2(Cc3ccccc3)CCCCCC2)C1=O.[O-][OH+][CH-]C(F)(F)F. The van der Waals surface area contributed by atoms with Crippen LogP contribution in [-0.2, 0) is 11.3 Å². The molecular weight excluding hydrogens is 469 g/mol. The Morgan fingerprint density at radius 2 is 1.58 bits per heavy atom. The Bertz CT molecular complexity index is 954. The Morgan fingerprint density at radius 3 is 2.11 bits per heavy atom. The minimum absolute atomic E-state index is 0.0843. The van der Waals surface area contributed by atoms with Gasteiger partial charge in [-0.3, -0.25) is 4.79 Å². The maximum absolute atomic E-state index is 13.9. The van der Waals surface area contributed by atoms with Gasteiger partial charge in [-0.2, -0.15) is 13.2 Å². The van der Waals surface area contributed by atoms with Crippen LogP contribution in [-0.4, -0.2) is 47.1 Å². The van der Waals surface area contributed by atoms with Crippen LogP contribution in [0.2, 0.25) is 0 Å². The molecule has 2 heterocycles. The maximum Gasteiger partial charge on any atom is 0.336 e. The zero-order valence-corrected chi connectivity index (χ0v) is 21.1. The highest BCUT2D eigenvalue weighted by molar-refractivity contribution is 5.98. The van der Waals surface area contributed by atoms with E-state index in [4.69, 9.17) is 5.26 Å². The number of hydrogen-bond donors (Lipinski definition) is 0. The van der Waals surface area contributed by atoms with Gasteiger partial charge in [0.05, 0.1) is 19.7 Å². The number of piperidine rings is 1. The average molecular weight is 507 g/mol. The molecule has 0 radical (unpaired) electrons. The number of carbonyl (C=O) groups excluding carboxylic acids is 1. The van der Waals surface area contributed by atoms with E-state index in [2.05, 4.69) is 67.3 Å². The number of anilines is 1. The lowest BCUT2D eigenvalue weighted by Gasteiger charge is -2.47. The summed E-state index contributed by atoms with van der Waals surface area (Å²) < 4.78 is 33.1. The third-order valence-electron chi connectivity index (χ3n) is 7.28. The molecule has 2 aromatic rings. The van der Waals surface area contributed by atoms with Gasteiger partial charge in [0.15, 0.2) is 6.04 Å². The van der Waals surface area contributed by atoms with Crippen LogP contribution >= 0.6 is 0 Å². The van der Waals surface area contributed by atoms with Gasteiger partial charge in [0.25, 0.3) is 5.91 Å². The number of carbonyl (C=O) groups is 1. The second kappa shape index (κ2) is 12.7. The van der Waals surface area contributed by atoms with E-state index in [1.54, 1.807) is 0 Å². The average Bonchev–Trinajstić information content (AvgIpc) is 3.06. The monoisotopic (exact) mass is 506 g/mol. The summed E-state index contributed by atoms with van der Waals surface area (Å²) in [4.78, 5) is 17.6. The summed E-state index contributed by atoms with van der Waals surface area (Å²) in [7, 11) is 0. The van der Waals surface area contributed by atoms with Gasteiger partial charge in [-0.05, 0) is 57.1 Å². The second-order valence-electron chi connectivity index (χ2n) is 9.89. The highest BCUT2D eigenvalue weighted by Gasteiger charge is 2.46. The number of nitrogens with zero attached hydrogens (tertiary/aromatic N) is 2. The Balaban J connectivity index is 0.000000454. The molecule has 2 aliphatic rings. The van der Waals surface area contributed by atoms with E-state index in [0.29, 0.717) is 5.91 Å². The van der Waals surface area contributed by atoms with Gasteiger partial charge >= 0.3 is 6.18 Å². The fourth-order valence-electron chi connectivity index (χ4n) is 5.72. The molecule has 2 aliphatic heterocycles. The lowest BCUT2D eigenvalue weighted by atomic mass is 9.96. The normalized spacial score (nSPS) is 20.3. The minimum atomic E-state index is -4.55. The zero-order chi connectivity index (χ0) is 26.2. The first-order valence-corrected chi connectivity index (χ1v) is 12.7. The molecule has 2 saturated heterocycles. The number of halogens is 3. The molecule has 8 heteroatoms. The summed E-state index contributed by atoms with van der Waals surface area (Å²) in [6, 6.07) is 17.3. The minimum Gasteiger partial charge on any atom is -0.582 e. The lowest BCUT2D eigenvalue weighted by molar-refractivity contribution is -0.955. The van der Waals surface area contributed by atoms with E-state index in [9.17, 15) is 18.0 Å². The summed E-state index contributed by atoms with van der Waals surface area (Å²) in [6.45, 7) is 7.76. The van der Waals surface area contributed by atoms with E-state index in [-0.39, 0.29) is 6.04 Å². The van der Waals surface area contributed by atoms with Crippen molar-refractivity contribution in [3.8, 4) is 0 Å². The molecule has 1 amide bonds. The fourth-order valence-corrected chi connectivity index (χ4v) is 5.72. The zero-order valence-electron chi connectivity index (χ0n) is 21.1. The lowest BCUT2D eigenvalue weighted by Crippen LogP contribution is -2.63. The molecule has 0 spiro atoms. The second-order valence-corrected chi connectivity index (χ2v) is 9.89. The van der Waals surface area contributed by atoms with E-state index in [1.807, 2.05) is 0 Å². The van der Waals surface area contributed by atoms with Crippen LogP contribution in [0, 0.1) is 20.5 Å². The molecule has 0 aliphatic carbocycles. The Kier molecular flexibility index (Phi) is 9.93. The number of alkyl halides is 3. The fraction of sp³-hybridized carbons (Fsp3) is 0.500. The quantitative estimate of drug-likeness (QED) is 0.178. The smallest absolute Gasteiger partial charge is 0.336 e. The number of aliphatic hydroxyl groups is 1. The predicted molar refractivity (Wildman–Crippen MR) is 133 cm³/mol. The van der Waals surface area contributed by atoms with Crippen molar-refractivity contribution in [3.05, 3.63) is 71.8 Å². The molecule has 2 fully saturated rings. The molecule has 5 nitrogen and oxygen atoms in total. The van der Waals surface area contributed by atoms with Crippen LogP contribution in [0.1, 0.15) is 55.2 Å². The first-order chi connectivity index (χ1) is 17.2. The molecular formula is C28H37F3N2O3. The van der Waals surface area contributed by atoms with Gasteiger partial charge < -0.3 is 19.5 Å². The van der Waals surface area contributed by atoms with Gasteiger partial charge in [0, 0.05) is 24.2 Å². The predicted octanol–water partition coefficient (Wildman–Crippen LogP) is 5.47. The van der Waals surface area contributed by atoms with Gasteiger partial charge in [-0.25, -0.2) is 0 Å². The maximum atomic E-state index is 13.9. The van der Waals surface area contributed by atoms with Gasteiger partial charge in [0.2, 0.25) is 0 Å². The number of aryl methyl sites for hydroxylation is 2. The van der Waals surface area contributed by atoms with Crippen LogP contribution in [0.5, 0.6) is 0 Å². The molecule has 1 atom stereocenters. The summed E-state index contributed by atoms with van der Waals surface area (Å²) >= 11 is 0. The number of amides is 1. The number of rotatable bonds is 5. The third kappa shape index (κ3) is 7.31. The first-order valence-electron chi connectivity index (χ1n) is 12.7.